The lowest BCUT2D eigenvalue weighted by Gasteiger charge is -2.18. The third-order valence-corrected chi connectivity index (χ3v) is 3.54. The maximum absolute atomic E-state index is 13.5. The van der Waals surface area contributed by atoms with Crippen LogP contribution in [0.4, 0.5) is 8.78 Å². The number of nitrogens with zero attached hydrogens (tertiary/aromatic N) is 1. The summed E-state index contributed by atoms with van der Waals surface area (Å²) < 4.78 is 37.3. The van der Waals surface area contributed by atoms with Crippen LogP contribution in [0, 0.1) is 11.6 Å². The first-order valence-corrected chi connectivity index (χ1v) is 7.52. The zero-order chi connectivity index (χ0) is 17.0. The van der Waals surface area contributed by atoms with Crippen LogP contribution in [0.1, 0.15) is 26.3 Å². The summed E-state index contributed by atoms with van der Waals surface area (Å²) in [5.74, 6) is -1.33. The fraction of sp³-hybridized carbons (Fsp3) is 0.353. The lowest BCUT2D eigenvalue weighted by molar-refractivity contribution is 0.206. The Hall–Kier alpha value is -1.88. The molecular formula is C17H18ClF2NO2. The maximum Gasteiger partial charge on any atom is 0.213 e. The van der Waals surface area contributed by atoms with Crippen LogP contribution in [0.5, 0.6) is 11.6 Å². The normalized spacial score (nSPS) is 11.4. The average molecular weight is 342 g/mol. The Morgan fingerprint density at radius 3 is 2.26 bits per heavy atom. The number of rotatable bonds is 5. The van der Waals surface area contributed by atoms with E-state index in [0.29, 0.717) is 5.88 Å². The standard InChI is InChI=1S/C17H18ClF2NO2/c1-17(2,3)11-4-7-14(21-10-11)22-8-9-23-16-13(20)6-5-12(19)15(16)18/h4-7,10H,8-9H2,1-3H3. The van der Waals surface area contributed by atoms with Gasteiger partial charge in [-0.05, 0) is 23.1 Å². The van der Waals surface area contributed by atoms with Crippen molar-refractivity contribution in [3.05, 3.63) is 52.7 Å². The third-order valence-electron chi connectivity index (χ3n) is 3.18. The van der Waals surface area contributed by atoms with E-state index in [9.17, 15) is 8.78 Å². The lowest BCUT2D eigenvalue weighted by atomic mass is 9.88. The minimum atomic E-state index is -0.733. The zero-order valence-electron chi connectivity index (χ0n) is 13.2. The summed E-state index contributed by atoms with van der Waals surface area (Å²) in [7, 11) is 0. The molecule has 1 heterocycles. The summed E-state index contributed by atoms with van der Waals surface area (Å²) in [6.07, 6.45) is 1.75. The summed E-state index contributed by atoms with van der Waals surface area (Å²) in [4.78, 5) is 4.20. The molecule has 0 N–H and O–H groups in total. The van der Waals surface area contributed by atoms with Crippen molar-refractivity contribution in [2.24, 2.45) is 0 Å². The predicted molar refractivity (Wildman–Crippen MR) is 85.3 cm³/mol. The van der Waals surface area contributed by atoms with Gasteiger partial charge in [-0.2, -0.15) is 0 Å². The number of aromatic nitrogens is 1. The quantitative estimate of drug-likeness (QED) is 0.580. The van der Waals surface area contributed by atoms with Gasteiger partial charge >= 0.3 is 0 Å². The molecule has 0 aliphatic carbocycles. The third kappa shape index (κ3) is 4.55. The smallest absolute Gasteiger partial charge is 0.213 e. The molecule has 124 valence electrons. The van der Waals surface area contributed by atoms with E-state index in [1.165, 1.54) is 0 Å². The Morgan fingerprint density at radius 1 is 1.00 bits per heavy atom. The molecular weight excluding hydrogens is 324 g/mol. The first-order valence-electron chi connectivity index (χ1n) is 7.14. The minimum Gasteiger partial charge on any atom is -0.485 e. The monoisotopic (exact) mass is 341 g/mol. The Balaban J connectivity index is 1.88. The maximum atomic E-state index is 13.5. The number of halogens is 3. The van der Waals surface area contributed by atoms with Crippen LogP contribution in [-0.4, -0.2) is 18.2 Å². The van der Waals surface area contributed by atoms with E-state index in [-0.39, 0.29) is 29.4 Å². The van der Waals surface area contributed by atoms with Gasteiger partial charge < -0.3 is 9.47 Å². The molecule has 0 aliphatic rings. The molecule has 0 saturated carbocycles. The van der Waals surface area contributed by atoms with Crippen molar-refractivity contribution in [3.8, 4) is 11.6 Å². The van der Waals surface area contributed by atoms with Crippen LogP contribution in [-0.2, 0) is 5.41 Å². The molecule has 0 atom stereocenters. The van der Waals surface area contributed by atoms with Gasteiger partial charge in [-0.1, -0.05) is 38.4 Å². The molecule has 23 heavy (non-hydrogen) atoms. The highest BCUT2D eigenvalue weighted by molar-refractivity contribution is 6.32. The number of benzene rings is 1. The van der Waals surface area contributed by atoms with Gasteiger partial charge in [0.15, 0.2) is 11.6 Å². The molecule has 6 heteroatoms. The zero-order valence-corrected chi connectivity index (χ0v) is 14.0. The second kappa shape index (κ2) is 7.13. The van der Waals surface area contributed by atoms with Gasteiger partial charge in [0.1, 0.15) is 24.1 Å². The molecule has 0 radical (unpaired) electrons. The van der Waals surface area contributed by atoms with Crippen LogP contribution in [0.25, 0.3) is 0 Å². The van der Waals surface area contributed by atoms with Crippen LogP contribution in [0.15, 0.2) is 30.5 Å². The molecule has 0 amide bonds. The van der Waals surface area contributed by atoms with Gasteiger partial charge in [0.2, 0.25) is 5.88 Å². The Kier molecular flexibility index (Phi) is 5.42. The average Bonchev–Trinajstić information content (AvgIpc) is 2.50. The van der Waals surface area contributed by atoms with Crippen LogP contribution >= 0.6 is 11.6 Å². The summed E-state index contributed by atoms with van der Waals surface area (Å²) in [6.45, 7) is 6.43. The first-order chi connectivity index (χ1) is 10.8. The highest BCUT2D eigenvalue weighted by Crippen LogP contribution is 2.30. The predicted octanol–water partition coefficient (Wildman–Crippen LogP) is 4.77. The molecule has 0 saturated heterocycles. The highest BCUT2D eigenvalue weighted by atomic mass is 35.5. The number of hydrogen-bond acceptors (Lipinski definition) is 3. The molecule has 1 aromatic carbocycles. The van der Waals surface area contributed by atoms with E-state index in [1.54, 1.807) is 12.3 Å². The van der Waals surface area contributed by atoms with Gasteiger partial charge in [0, 0.05) is 12.3 Å². The molecule has 2 aromatic rings. The fourth-order valence-corrected chi connectivity index (χ4v) is 2.05. The van der Waals surface area contributed by atoms with Crippen molar-refractivity contribution < 1.29 is 18.3 Å². The molecule has 0 fully saturated rings. The molecule has 3 nitrogen and oxygen atoms in total. The first kappa shape index (κ1) is 17.5. The van der Waals surface area contributed by atoms with Crippen molar-refractivity contribution >= 4 is 11.6 Å². The highest BCUT2D eigenvalue weighted by Gasteiger charge is 2.15. The second-order valence-electron chi connectivity index (χ2n) is 6.00. The Morgan fingerprint density at radius 2 is 1.65 bits per heavy atom. The summed E-state index contributed by atoms with van der Waals surface area (Å²) in [6, 6.07) is 5.61. The fourth-order valence-electron chi connectivity index (χ4n) is 1.84. The SMILES string of the molecule is CC(C)(C)c1ccc(OCCOc2c(F)ccc(F)c2Cl)nc1. The van der Waals surface area contributed by atoms with Crippen molar-refractivity contribution in [2.45, 2.75) is 26.2 Å². The van der Waals surface area contributed by atoms with Gasteiger partial charge in [-0.15, -0.1) is 0 Å². The van der Waals surface area contributed by atoms with Crippen molar-refractivity contribution in [1.82, 2.24) is 4.98 Å². The van der Waals surface area contributed by atoms with Gasteiger partial charge in [-0.3, -0.25) is 0 Å². The second-order valence-corrected chi connectivity index (χ2v) is 6.38. The number of hydrogen-bond donors (Lipinski definition) is 0. The van der Waals surface area contributed by atoms with Crippen molar-refractivity contribution in [1.29, 1.82) is 0 Å². The largest absolute Gasteiger partial charge is 0.485 e. The molecule has 0 unspecified atom stereocenters. The van der Waals surface area contributed by atoms with E-state index in [1.807, 2.05) is 6.07 Å². The van der Waals surface area contributed by atoms with Crippen LogP contribution in [0.2, 0.25) is 5.02 Å². The summed E-state index contributed by atoms with van der Waals surface area (Å²) in [5.41, 5.74) is 1.11. The van der Waals surface area contributed by atoms with E-state index < -0.39 is 11.6 Å². The van der Waals surface area contributed by atoms with Crippen molar-refractivity contribution in [2.75, 3.05) is 13.2 Å². The lowest BCUT2D eigenvalue weighted by Crippen LogP contribution is -2.13. The van der Waals surface area contributed by atoms with E-state index >= 15 is 0 Å². The van der Waals surface area contributed by atoms with Gasteiger partial charge in [-0.25, -0.2) is 13.8 Å². The molecule has 1 aromatic heterocycles. The van der Waals surface area contributed by atoms with E-state index in [2.05, 4.69) is 25.8 Å². The number of ether oxygens (including phenoxy) is 2. The van der Waals surface area contributed by atoms with Gasteiger partial charge in [0.05, 0.1) is 0 Å². The molecule has 0 spiro atoms. The molecule has 0 aliphatic heterocycles. The van der Waals surface area contributed by atoms with Crippen LogP contribution < -0.4 is 9.47 Å². The minimum absolute atomic E-state index is 0.0142. The van der Waals surface area contributed by atoms with E-state index in [0.717, 1.165) is 17.7 Å². The summed E-state index contributed by atoms with van der Waals surface area (Å²) in [5, 5.41) is -0.377. The Labute approximate surface area is 139 Å². The molecule has 0 bridgehead atoms. The molecule has 2 rings (SSSR count). The Bertz CT molecular complexity index is 670. The van der Waals surface area contributed by atoms with Crippen molar-refractivity contribution in [3.63, 3.8) is 0 Å². The topological polar surface area (TPSA) is 31.4 Å². The summed E-state index contributed by atoms with van der Waals surface area (Å²) >= 11 is 5.66. The number of pyridine rings is 1. The van der Waals surface area contributed by atoms with Gasteiger partial charge in [0.25, 0.3) is 0 Å². The van der Waals surface area contributed by atoms with E-state index in [4.69, 9.17) is 21.1 Å². The van der Waals surface area contributed by atoms with Crippen LogP contribution in [0.3, 0.4) is 0 Å².